The molecule has 25 heavy (non-hydrogen) atoms. The fourth-order valence-electron chi connectivity index (χ4n) is 2.76. The maximum atomic E-state index is 12.2. The van der Waals surface area contributed by atoms with Crippen molar-refractivity contribution in [3.8, 4) is 0 Å². The van der Waals surface area contributed by atoms with E-state index in [-0.39, 0.29) is 0 Å². The van der Waals surface area contributed by atoms with E-state index in [0.29, 0.717) is 26.8 Å². The molecule has 0 atom stereocenters. The summed E-state index contributed by atoms with van der Waals surface area (Å²) in [6.45, 7) is 0. The van der Waals surface area contributed by atoms with Gasteiger partial charge < -0.3 is 9.40 Å². The number of para-hydroxylation sites is 2. The van der Waals surface area contributed by atoms with Crippen LogP contribution >= 0.6 is 11.8 Å². The molecule has 0 radical (unpaired) electrons. The summed E-state index contributed by atoms with van der Waals surface area (Å²) < 4.78 is 5.34. The Bertz CT molecular complexity index is 1310. The quantitative estimate of drug-likeness (QED) is 0.490. The highest BCUT2D eigenvalue weighted by molar-refractivity contribution is 7.99. The lowest BCUT2D eigenvalue weighted by atomic mass is 10.2. The van der Waals surface area contributed by atoms with Gasteiger partial charge in [-0.15, -0.1) is 10.2 Å². The first-order valence-electron chi connectivity index (χ1n) is 7.60. The van der Waals surface area contributed by atoms with Gasteiger partial charge in [0.1, 0.15) is 16.0 Å². The fraction of sp³-hybridized carbons (Fsp3) is 0. The number of aromatic amines is 1. The summed E-state index contributed by atoms with van der Waals surface area (Å²) in [6, 6.07) is 17.0. The molecule has 0 spiro atoms. The lowest BCUT2D eigenvalue weighted by Gasteiger charge is -2.00. The summed E-state index contributed by atoms with van der Waals surface area (Å²) >= 11 is 1.14. The Morgan fingerprint density at radius 1 is 1.00 bits per heavy atom. The van der Waals surface area contributed by atoms with E-state index >= 15 is 0 Å². The second kappa shape index (κ2) is 5.42. The zero-order valence-corrected chi connectivity index (χ0v) is 13.6. The number of rotatable bonds is 2. The van der Waals surface area contributed by atoms with E-state index in [2.05, 4.69) is 20.2 Å². The van der Waals surface area contributed by atoms with E-state index in [4.69, 9.17) is 4.42 Å². The molecule has 1 N–H and O–H groups in total. The normalized spacial score (nSPS) is 11.5. The molecule has 0 amide bonds. The average molecular weight is 346 g/mol. The predicted molar refractivity (Wildman–Crippen MR) is 95.8 cm³/mol. The van der Waals surface area contributed by atoms with Gasteiger partial charge >= 0.3 is 5.63 Å². The molecule has 120 valence electrons. The van der Waals surface area contributed by atoms with Crippen molar-refractivity contribution in [1.82, 2.24) is 20.2 Å². The van der Waals surface area contributed by atoms with Crippen LogP contribution in [0.1, 0.15) is 0 Å². The lowest BCUT2D eigenvalue weighted by molar-refractivity contribution is 0.543. The number of nitrogens with one attached hydrogen (secondary N) is 1. The fourth-order valence-corrected chi connectivity index (χ4v) is 3.49. The highest BCUT2D eigenvalue weighted by Crippen LogP contribution is 2.27. The predicted octanol–water partition coefficient (Wildman–Crippen LogP) is 3.76. The Morgan fingerprint density at radius 3 is 2.80 bits per heavy atom. The number of hydrogen-bond donors (Lipinski definition) is 1. The molecule has 3 heterocycles. The van der Waals surface area contributed by atoms with Gasteiger partial charge in [-0.3, -0.25) is 0 Å². The lowest BCUT2D eigenvalue weighted by Crippen LogP contribution is -2.02. The summed E-state index contributed by atoms with van der Waals surface area (Å²) in [4.78, 5) is 20.3. The third kappa shape index (κ3) is 2.36. The molecule has 0 saturated heterocycles. The van der Waals surface area contributed by atoms with Crippen LogP contribution < -0.4 is 5.63 Å². The first-order valence-corrected chi connectivity index (χ1v) is 8.41. The second-order valence-corrected chi connectivity index (χ2v) is 6.51. The SMILES string of the molecule is O=c1oc2ccccc2cc1Sc1nnc2c(n1)[nH]c1ccccc12. The van der Waals surface area contributed by atoms with Gasteiger partial charge in [-0.2, -0.15) is 0 Å². The zero-order valence-electron chi connectivity index (χ0n) is 12.8. The van der Waals surface area contributed by atoms with Gasteiger partial charge in [-0.05, 0) is 30.0 Å². The van der Waals surface area contributed by atoms with Crippen molar-refractivity contribution in [2.45, 2.75) is 10.1 Å². The first-order chi connectivity index (χ1) is 12.3. The maximum absolute atomic E-state index is 12.2. The molecule has 0 saturated carbocycles. The minimum Gasteiger partial charge on any atom is -0.422 e. The van der Waals surface area contributed by atoms with Crippen LogP contribution in [0.2, 0.25) is 0 Å². The summed E-state index contributed by atoms with van der Waals surface area (Å²) in [5, 5.41) is 10.6. The van der Waals surface area contributed by atoms with Crippen molar-refractivity contribution >= 4 is 44.8 Å². The molecule has 0 fully saturated rings. The molecule has 0 aliphatic rings. The largest absolute Gasteiger partial charge is 0.422 e. The number of H-pyrrole nitrogens is 1. The molecule has 2 aromatic carbocycles. The number of benzene rings is 2. The van der Waals surface area contributed by atoms with Crippen LogP contribution in [-0.2, 0) is 0 Å². The number of fused-ring (bicyclic) bond motifs is 4. The Kier molecular flexibility index (Phi) is 3.07. The van der Waals surface area contributed by atoms with Crippen LogP contribution in [0.3, 0.4) is 0 Å². The minimum atomic E-state index is -0.413. The van der Waals surface area contributed by atoms with Crippen LogP contribution in [0.5, 0.6) is 0 Å². The zero-order chi connectivity index (χ0) is 16.8. The van der Waals surface area contributed by atoms with Gasteiger partial charge in [0.2, 0.25) is 5.16 Å². The summed E-state index contributed by atoms with van der Waals surface area (Å²) in [6.07, 6.45) is 0. The molecular formula is C18H10N4O2S. The number of hydrogen-bond acceptors (Lipinski definition) is 6. The van der Waals surface area contributed by atoms with E-state index in [1.54, 1.807) is 12.1 Å². The van der Waals surface area contributed by atoms with Crippen molar-refractivity contribution in [1.29, 1.82) is 0 Å². The molecule has 0 bridgehead atoms. The third-order valence-electron chi connectivity index (χ3n) is 3.91. The van der Waals surface area contributed by atoms with E-state index in [0.717, 1.165) is 28.1 Å². The van der Waals surface area contributed by atoms with Crippen LogP contribution in [0.25, 0.3) is 33.0 Å². The molecule has 3 aromatic heterocycles. The van der Waals surface area contributed by atoms with Crippen molar-refractivity contribution in [3.05, 3.63) is 65.0 Å². The molecule has 0 aliphatic heterocycles. The van der Waals surface area contributed by atoms with Gasteiger partial charge in [-0.25, -0.2) is 9.78 Å². The second-order valence-electron chi connectivity index (χ2n) is 5.50. The van der Waals surface area contributed by atoms with Crippen LogP contribution in [-0.4, -0.2) is 20.2 Å². The van der Waals surface area contributed by atoms with Gasteiger partial charge in [0, 0.05) is 16.3 Å². The van der Waals surface area contributed by atoms with Crippen molar-refractivity contribution in [2.75, 3.05) is 0 Å². The van der Waals surface area contributed by atoms with E-state index < -0.39 is 5.63 Å². The third-order valence-corrected chi connectivity index (χ3v) is 4.77. The molecule has 6 nitrogen and oxygen atoms in total. The summed E-state index contributed by atoms with van der Waals surface area (Å²) in [5.74, 6) is 0. The summed E-state index contributed by atoms with van der Waals surface area (Å²) in [5.41, 5.74) is 2.45. The Labute approximate surface area is 144 Å². The Balaban J connectivity index is 1.61. The highest BCUT2D eigenvalue weighted by Gasteiger charge is 2.12. The Hall–Kier alpha value is -3.19. The number of nitrogens with zero attached hydrogens (tertiary/aromatic N) is 3. The molecule has 5 rings (SSSR count). The molecule has 5 aromatic rings. The van der Waals surface area contributed by atoms with Gasteiger partial charge in [0.15, 0.2) is 5.65 Å². The standard InChI is InChI=1S/C18H10N4O2S/c23-17-14(9-10-5-1-4-8-13(10)24-17)25-18-20-16-15(21-22-18)11-6-2-3-7-12(11)19-16/h1-9H,(H,19,20,22). The highest BCUT2D eigenvalue weighted by atomic mass is 32.2. The van der Waals surface area contributed by atoms with E-state index in [1.165, 1.54) is 0 Å². The average Bonchev–Trinajstić information content (AvgIpc) is 3.00. The monoisotopic (exact) mass is 346 g/mol. The number of aromatic nitrogens is 4. The van der Waals surface area contributed by atoms with Crippen molar-refractivity contribution in [3.63, 3.8) is 0 Å². The summed E-state index contributed by atoms with van der Waals surface area (Å²) in [7, 11) is 0. The molecular weight excluding hydrogens is 336 g/mol. The van der Waals surface area contributed by atoms with Crippen LogP contribution in [0.15, 0.2) is 73.9 Å². The maximum Gasteiger partial charge on any atom is 0.350 e. The van der Waals surface area contributed by atoms with Crippen molar-refractivity contribution in [2.24, 2.45) is 0 Å². The van der Waals surface area contributed by atoms with Crippen molar-refractivity contribution < 1.29 is 4.42 Å². The Morgan fingerprint density at radius 2 is 1.84 bits per heavy atom. The van der Waals surface area contributed by atoms with Crippen LogP contribution in [0, 0.1) is 0 Å². The minimum absolute atomic E-state index is 0.390. The van der Waals surface area contributed by atoms with Crippen LogP contribution in [0.4, 0.5) is 0 Å². The van der Waals surface area contributed by atoms with E-state index in [1.807, 2.05) is 42.5 Å². The van der Waals surface area contributed by atoms with Gasteiger partial charge in [-0.1, -0.05) is 36.4 Å². The van der Waals surface area contributed by atoms with Gasteiger partial charge in [0.05, 0.1) is 0 Å². The smallest absolute Gasteiger partial charge is 0.350 e. The molecule has 0 unspecified atom stereocenters. The first kappa shape index (κ1) is 14.2. The van der Waals surface area contributed by atoms with Gasteiger partial charge in [0.25, 0.3) is 0 Å². The molecule has 0 aliphatic carbocycles. The van der Waals surface area contributed by atoms with E-state index in [9.17, 15) is 4.79 Å². The molecule has 7 heteroatoms. The topological polar surface area (TPSA) is 84.7 Å².